The van der Waals surface area contributed by atoms with Crippen molar-refractivity contribution in [3.8, 4) is 0 Å². The minimum Gasteiger partial charge on any atom is -0.460 e. The minimum absolute atomic E-state index is 0.0199. The molecule has 2 aromatic rings. The fraction of sp³-hybridized carbons (Fsp3) is 0.500. The fourth-order valence-corrected chi connectivity index (χ4v) is 3.12. The van der Waals surface area contributed by atoms with Gasteiger partial charge >= 0.3 is 0 Å². The first-order valence-electron chi connectivity index (χ1n) is 7.03. The molecule has 1 aliphatic rings. The first-order valence-corrected chi connectivity index (χ1v) is 7.03. The summed E-state index contributed by atoms with van der Waals surface area (Å²) in [5.74, 6) is 0.966. The van der Waals surface area contributed by atoms with Crippen molar-refractivity contribution in [2.45, 2.75) is 38.8 Å². The highest BCUT2D eigenvalue weighted by Crippen LogP contribution is 2.37. The number of hydrogen-bond donors (Lipinski definition) is 2. The predicted octanol–water partition coefficient (Wildman–Crippen LogP) is 3.07. The van der Waals surface area contributed by atoms with E-state index in [1.807, 2.05) is 18.2 Å². The Balaban J connectivity index is 1.69. The summed E-state index contributed by atoms with van der Waals surface area (Å²) in [5, 5.41) is 14.2. The molecule has 3 rings (SSSR count). The summed E-state index contributed by atoms with van der Waals surface area (Å²) >= 11 is 0. The van der Waals surface area contributed by atoms with Crippen LogP contribution in [0.3, 0.4) is 0 Å². The van der Waals surface area contributed by atoms with Gasteiger partial charge in [0, 0.05) is 23.4 Å². The van der Waals surface area contributed by atoms with Crippen LogP contribution in [-0.4, -0.2) is 17.8 Å². The molecule has 2 N–H and O–H groups in total. The lowest BCUT2D eigenvalue weighted by Crippen LogP contribution is -2.41. The molecule has 2 atom stereocenters. The Hall–Kier alpha value is -1.32. The Kier molecular flexibility index (Phi) is 3.33. The molecule has 3 nitrogen and oxygen atoms in total. The number of para-hydroxylation sites is 1. The van der Waals surface area contributed by atoms with E-state index in [1.54, 1.807) is 0 Å². The molecule has 1 saturated carbocycles. The predicted molar refractivity (Wildman–Crippen MR) is 75.9 cm³/mol. The number of benzene rings is 1. The van der Waals surface area contributed by atoms with E-state index < -0.39 is 0 Å². The molecular formula is C16H21NO2. The molecule has 0 amide bonds. The quantitative estimate of drug-likeness (QED) is 0.887. The summed E-state index contributed by atoms with van der Waals surface area (Å²) < 4.78 is 5.80. The Morgan fingerprint density at radius 2 is 2.26 bits per heavy atom. The van der Waals surface area contributed by atoms with Gasteiger partial charge in [-0.2, -0.15) is 0 Å². The zero-order chi connectivity index (χ0) is 13.3. The van der Waals surface area contributed by atoms with Gasteiger partial charge in [0.15, 0.2) is 0 Å². The van der Waals surface area contributed by atoms with E-state index >= 15 is 0 Å². The lowest BCUT2D eigenvalue weighted by molar-refractivity contribution is 0.117. The molecule has 1 heterocycles. The smallest absolute Gasteiger partial charge is 0.134 e. The van der Waals surface area contributed by atoms with Crippen LogP contribution in [0.1, 0.15) is 31.9 Å². The van der Waals surface area contributed by atoms with Crippen molar-refractivity contribution in [1.29, 1.82) is 0 Å². The van der Waals surface area contributed by atoms with Crippen LogP contribution in [0.15, 0.2) is 34.7 Å². The lowest BCUT2D eigenvalue weighted by Gasteiger charge is -2.30. The largest absolute Gasteiger partial charge is 0.460 e. The van der Waals surface area contributed by atoms with Crippen molar-refractivity contribution in [1.82, 2.24) is 5.32 Å². The zero-order valence-corrected chi connectivity index (χ0v) is 11.4. The van der Waals surface area contributed by atoms with Crippen LogP contribution in [0.25, 0.3) is 11.0 Å². The Morgan fingerprint density at radius 3 is 3.05 bits per heavy atom. The summed E-state index contributed by atoms with van der Waals surface area (Å²) in [7, 11) is 0. The SMILES string of the molecule is CC1(CO)CCCC1NCc1cc2ccccc2o1. The highest BCUT2D eigenvalue weighted by molar-refractivity contribution is 5.77. The lowest BCUT2D eigenvalue weighted by atomic mass is 9.86. The van der Waals surface area contributed by atoms with E-state index in [9.17, 15) is 5.11 Å². The standard InChI is InChI=1S/C16H21NO2/c1-16(11-18)8-4-7-15(16)17-10-13-9-12-5-2-3-6-14(12)19-13/h2-3,5-6,9,15,17-18H,4,7-8,10-11H2,1H3. The Labute approximate surface area is 113 Å². The number of nitrogens with one attached hydrogen (secondary N) is 1. The number of furan rings is 1. The van der Waals surface area contributed by atoms with Crippen molar-refractivity contribution >= 4 is 11.0 Å². The molecule has 102 valence electrons. The van der Waals surface area contributed by atoms with Crippen LogP contribution in [0.5, 0.6) is 0 Å². The summed E-state index contributed by atoms with van der Waals surface area (Å²) in [4.78, 5) is 0. The van der Waals surface area contributed by atoms with Crippen LogP contribution in [0.2, 0.25) is 0 Å². The normalized spacial score (nSPS) is 27.2. The van der Waals surface area contributed by atoms with Crippen LogP contribution < -0.4 is 5.32 Å². The van der Waals surface area contributed by atoms with E-state index in [1.165, 1.54) is 6.42 Å². The van der Waals surface area contributed by atoms with Crippen LogP contribution >= 0.6 is 0 Å². The monoisotopic (exact) mass is 259 g/mol. The maximum Gasteiger partial charge on any atom is 0.134 e. The zero-order valence-electron chi connectivity index (χ0n) is 11.4. The molecule has 1 aromatic heterocycles. The third-order valence-electron chi connectivity index (χ3n) is 4.44. The Morgan fingerprint density at radius 1 is 1.42 bits per heavy atom. The van der Waals surface area contributed by atoms with Gasteiger partial charge in [-0.15, -0.1) is 0 Å². The maximum atomic E-state index is 9.54. The van der Waals surface area contributed by atoms with Crippen molar-refractivity contribution in [2.24, 2.45) is 5.41 Å². The van der Waals surface area contributed by atoms with E-state index in [2.05, 4.69) is 24.4 Å². The molecule has 1 aromatic carbocycles. The van der Waals surface area contributed by atoms with Crippen molar-refractivity contribution in [3.63, 3.8) is 0 Å². The summed E-state index contributed by atoms with van der Waals surface area (Å²) in [5.41, 5.74) is 0.960. The third kappa shape index (κ3) is 2.40. The first-order chi connectivity index (χ1) is 9.21. The van der Waals surface area contributed by atoms with E-state index in [4.69, 9.17) is 4.42 Å². The van der Waals surface area contributed by atoms with Gasteiger partial charge < -0.3 is 14.8 Å². The summed E-state index contributed by atoms with van der Waals surface area (Å²) in [6.07, 6.45) is 3.42. The second kappa shape index (κ2) is 4.99. The minimum atomic E-state index is 0.0199. The summed E-state index contributed by atoms with van der Waals surface area (Å²) in [6.45, 7) is 3.15. The van der Waals surface area contributed by atoms with Crippen molar-refractivity contribution < 1.29 is 9.52 Å². The van der Waals surface area contributed by atoms with Crippen LogP contribution in [0.4, 0.5) is 0 Å². The average Bonchev–Trinajstić information content (AvgIpc) is 3.00. The highest BCUT2D eigenvalue weighted by Gasteiger charge is 2.37. The second-order valence-corrected chi connectivity index (χ2v) is 5.89. The van der Waals surface area contributed by atoms with Gasteiger partial charge in [0.2, 0.25) is 0 Å². The van der Waals surface area contributed by atoms with Gasteiger partial charge in [-0.25, -0.2) is 0 Å². The fourth-order valence-electron chi connectivity index (χ4n) is 3.12. The second-order valence-electron chi connectivity index (χ2n) is 5.89. The molecular weight excluding hydrogens is 238 g/mol. The molecule has 0 spiro atoms. The third-order valence-corrected chi connectivity index (χ3v) is 4.44. The van der Waals surface area contributed by atoms with Gasteiger partial charge in [-0.3, -0.25) is 0 Å². The molecule has 0 bridgehead atoms. The van der Waals surface area contributed by atoms with Crippen LogP contribution in [0, 0.1) is 5.41 Å². The van der Waals surface area contributed by atoms with E-state index in [0.29, 0.717) is 6.04 Å². The van der Waals surface area contributed by atoms with Gasteiger partial charge in [-0.1, -0.05) is 31.5 Å². The topological polar surface area (TPSA) is 45.4 Å². The number of rotatable bonds is 4. The maximum absolute atomic E-state index is 9.54. The van der Waals surface area contributed by atoms with Gasteiger partial charge in [0.05, 0.1) is 6.54 Å². The van der Waals surface area contributed by atoms with Crippen molar-refractivity contribution in [2.75, 3.05) is 6.61 Å². The molecule has 0 aliphatic heterocycles. The number of hydrogen-bond acceptors (Lipinski definition) is 3. The van der Waals surface area contributed by atoms with Crippen molar-refractivity contribution in [3.05, 3.63) is 36.1 Å². The average molecular weight is 259 g/mol. The number of fused-ring (bicyclic) bond motifs is 1. The molecule has 19 heavy (non-hydrogen) atoms. The van der Waals surface area contributed by atoms with Crippen LogP contribution in [-0.2, 0) is 6.54 Å². The first kappa shape index (κ1) is 12.7. The van der Waals surface area contributed by atoms with E-state index in [-0.39, 0.29) is 12.0 Å². The van der Waals surface area contributed by atoms with Gasteiger partial charge in [0.1, 0.15) is 11.3 Å². The molecule has 0 radical (unpaired) electrons. The molecule has 3 heteroatoms. The molecule has 1 aliphatic carbocycles. The summed E-state index contributed by atoms with van der Waals surface area (Å²) in [6, 6.07) is 10.5. The highest BCUT2D eigenvalue weighted by atomic mass is 16.3. The molecule has 0 saturated heterocycles. The molecule has 2 unspecified atom stereocenters. The molecule has 1 fully saturated rings. The number of aliphatic hydroxyl groups is 1. The van der Waals surface area contributed by atoms with E-state index in [0.717, 1.165) is 36.1 Å². The van der Waals surface area contributed by atoms with Gasteiger partial charge in [0.25, 0.3) is 0 Å². The Bertz CT molecular complexity index is 530. The van der Waals surface area contributed by atoms with Gasteiger partial charge in [-0.05, 0) is 25.0 Å². The number of aliphatic hydroxyl groups excluding tert-OH is 1.